The number of rotatable bonds is 1. The molecule has 0 bridgehead atoms. The molecule has 1 aromatic carbocycles. The Morgan fingerprint density at radius 3 is 2.57 bits per heavy atom. The van der Waals surface area contributed by atoms with Crippen LogP contribution in [0.15, 0.2) is 29.1 Å². The smallest absolute Gasteiger partial charge is 0.293 e. The van der Waals surface area contributed by atoms with Gasteiger partial charge in [0.1, 0.15) is 5.82 Å². The highest BCUT2D eigenvalue weighted by Gasteiger charge is 2.05. The molecule has 2 rings (SSSR count). The normalized spacial score (nSPS) is 10.4. The third kappa shape index (κ3) is 1.35. The van der Waals surface area contributed by atoms with Gasteiger partial charge in [-0.3, -0.25) is 4.98 Å². The van der Waals surface area contributed by atoms with Crippen LogP contribution < -0.4 is 5.69 Å². The number of aromatic amines is 1. The van der Waals surface area contributed by atoms with Gasteiger partial charge in [-0.05, 0) is 25.5 Å². The van der Waals surface area contributed by atoms with Gasteiger partial charge in [-0.1, -0.05) is 18.2 Å². The third-order valence-electron chi connectivity index (χ3n) is 2.07. The van der Waals surface area contributed by atoms with Crippen LogP contribution in [0.25, 0.3) is 5.69 Å². The van der Waals surface area contributed by atoms with Gasteiger partial charge in [0.25, 0.3) is 0 Å². The highest BCUT2D eigenvalue weighted by atomic mass is 16.1. The van der Waals surface area contributed by atoms with Crippen molar-refractivity contribution in [2.45, 2.75) is 13.8 Å². The molecule has 4 heteroatoms. The van der Waals surface area contributed by atoms with E-state index in [0.29, 0.717) is 5.82 Å². The lowest BCUT2D eigenvalue weighted by Gasteiger charge is -2.02. The molecule has 14 heavy (non-hydrogen) atoms. The first-order valence-electron chi connectivity index (χ1n) is 4.40. The van der Waals surface area contributed by atoms with Crippen molar-refractivity contribution in [1.29, 1.82) is 0 Å². The molecule has 0 fully saturated rings. The highest BCUT2D eigenvalue weighted by Crippen LogP contribution is 2.09. The van der Waals surface area contributed by atoms with Crippen molar-refractivity contribution in [3.05, 3.63) is 46.1 Å². The van der Waals surface area contributed by atoms with Crippen molar-refractivity contribution in [3.8, 4) is 5.69 Å². The Morgan fingerprint density at radius 1 is 1.29 bits per heavy atom. The van der Waals surface area contributed by atoms with Crippen molar-refractivity contribution >= 4 is 0 Å². The molecule has 0 radical (unpaired) electrons. The number of nitrogens with zero attached hydrogens (tertiary/aromatic N) is 2. The number of hydrogen-bond acceptors (Lipinski definition) is 2. The number of para-hydroxylation sites is 1. The number of hydrogen-bond donors (Lipinski definition) is 1. The van der Waals surface area contributed by atoms with Gasteiger partial charge in [-0.2, -0.15) is 9.78 Å². The Labute approximate surface area is 81.2 Å². The summed E-state index contributed by atoms with van der Waals surface area (Å²) < 4.78 is 1.38. The van der Waals surface area contributed by atoms with E-state index in [-0.39, 0.29) is 5.69 Å². The Morgan fingerprint density at radius 2 is 2.00 bits per heavy atom. The molecule has 0 aliphatic carbocycles. The molecule has 0 amide bonds. The molecule has 1 heterocycles. The largest absolute Gasteiger partial charge is 0.348 e. The summed E-state index contributed by atoms with van der Waals surface area (Å²) in [6.45, 7) is 3.71. The molecule has 1 N–H and O–H groups in total. The standard InChI is InChI=1S/C10H11N3O/c1-7-5-3-4-6-9(7)13-10(14)11-8(2)12-13/h3-6H,1-2H3,(H,11,12,14). The summed E-state index contributed by atoms with van der Waals surface area (Å²) in [6, 6.07) is 7.64. The molecule has 0 saturated carbocycles. The predicted molar refractivity (Wildman–Crippen MR) is 53.7 cm³/mol. The minimum atomic E-state index is -0.197. The Kier molecular flexibility index (Phi) is 1.96. The molecule has 72 valence electrons. The van der Waals surface area contributed by atoms with Gasteiger partial charge in [0, 0.05) is 0 Å². The summed E-state index contributed by atoms with van der Waals surface area (Å²) >= 11 is 0. The van der Waals surface area contributed by atoms with Crippen molar-refractivity contribution in [2.75, 3.05) is 0 Å². The van der Waals surface area contributed by atoms with Crippen LogP contribution in [0.2, 0.25) is 0 Å². The van der Waals surface area contributed by atoms with E-state index < -0.39 is 0 Å². The van der Waals surface area contributed by atoms with Crippen molar-refractivity contribution in [3.63, 3.8) is 0 Å². The maximum Gasteiger partial charge on any atom is 0.348 e. The average molecular weight is 189 g/mol. The molecular weight excluding hydrogens is 178 g/mol. The van der Waals surface area contributed by atoms with Gasteiger partial charge < -0.3 is 0 Å². The second-order valence-electron chi connectivity index (χ2n) is 3.21. The molecule has 1 aromatic heterocycles. The molecule has 0 aliphatic heterocycles. The van der Waals surface area contributed by atoms with Crippen molar-refractivity contribution in [2.24, 2.45) is 0 Å². The van der Waals surface area contributed by atoms with Crippen LogP contribution in [-0.4, -0.2) is 14.8 Å². The lowest BCUT2D eigenvalue weighted by Crippen LogP contribution is -2.16. The van der Waals surface area contributed by atoms with E-state index in [9.17, 15) is 4.79 Å². The number of aromatic nitrogens is 3. The fourth-order valence-corrected chi connectivity index (χ4v) is 1.39. The maximum atomic E-state index is 11.4. The van der Waals surface area contributed by atoms with Crippen LogP contribution in [-0.2, 0) is 0 Å². The zero-order valence-electron chi connectivity index (χ0n) is 8.11. The zero-order chi connectivity index (χ0) is 10.1. The SMILES string of the molecule is Cc1nn(-c2ccccc2C)c(=O)[nH]1. The molecule has 0 spiro atoms. The molecule has 2 aromatic rings. The van der Waals surface area contributed by atoms with Crippen LogP contribution in [0.5, 0.6) is 0 Å². The van der Waals surface area contributed by atoms with Crippen molar-refractivity contribution < 1.29 is 0 Å². The van der Waals surface area contributed by atoms with Crippen LogP contribution in [0, 0.1) is 13.8 Å². The molecule has 4 nitrogen and oxygen atoms in total. The van der Waals surface area contributed by atoms with E-state index >= 15 is 0 Å². The maximum absolute atomic E-state index is 11.4. The average Bonchev–Trinajstić information content (AvgIpc) is 2.46. The second kappa shape index (κ2) is 3.14. The van der Waals surface area contributed by atoms with Crippen LogP contribution in [0.1, 0.15) is 11.4 Å². The van der Waals surface area contributed by atoms with Crippen LogP contribution in [0.4, 0.5) is 0 Å². The number of aryl methyl sites for hydroxylation is 2. The summed E-state index contributed by atoms with van der Waals surface area (Å²) in [7, 11) is 0. The Hall–Kier alpha value is -1.84. The van der Waals surface area contributed by atoms with E-state index in [4.69, 9.17) is 0 Å². The van der Waals surface area contributed by atoms with E-state index in [1.54, 1.807) is 6.92 Å². The quantitative estimate of drug-likeness (QED) is 0.732. The number of benzene rings is 1. The number of H-pyrrole nitrogens is 1. The highest BCUT2D eigenvalue weighted by molar-refractivity contribution is 5.38. The minimum absolute atomic E-state index is 0.197. The molecule has 0 atom stereocenters. The van der Waals surface area contributed by atoms with Gasteiger partial charge in [-0.15, -0.1) is 0 Å². The summed E-state index contributed by atoms with van der Waals surface area (Å²) in [5.41, 5.74) is 1.65. The second-order valence-corrected chi connectivity index (χ2v) is 3.21. The first kappa shape index (κ1) is 8.74. The van der Waals surface area contributed by atoms with E-state index in [1.807, 2.05) is 31.2 Å². The molecule has 0 aliphatic rings. The van der Waals surface area contributed by atoms with Gasteiger partial charge in [0.2, 0.25) is 0 Å². The van der Waals surface area contributed by atoms with E-state index in [1.165, 1.54) is 4.68 Å². The fourth-order valence-electron chi connectivity index (χ4n) is 1.39. The van der Waals surface area contributed by atoms with Gasteiger partial charge in [0.05, 0.1) is 5.69 Å². The van der Waals surface area contributed by atoms with Crippen LogP contribution >= 0.6 is 0 Å². The molecular formula is C10H11N3O. The van der Waals surface area contributed by atoms with Crippen LogP contribution in [0.3, 0.4) is 0 Å². The van der Waals surface area contributed by atoms with Gasteiger partial charge in [0.15, 0.2) is 0 Å². The summed E-state index contributed by atoms with van der Waals surface area (Å²) in [5, 5.41) is 4.09. The summed E-state index contributed by atoms with van der Waals surface area (Å²) in [4.78, 5) is 14.1. The topological polar surface area (TPSA) is 50.7 Å². The Bertz CT molecular complexity index is 510. The summed E-state index contributed by atoms with van der Waals surface area (Å²) in [5.74, 6) is 0.623. The first-order chi connectivity index (χ1) is 6.68. The molecule has 0 saturated heterocycles. The van der Waals surface area contributed by atoms with Gasteiger partial charge >= 0.3 is 5.69 Å². The van der Waals surface area contributed by atoms with E-state index in [0.717, 1.165) is 11.3 Å². The fraction of sp³-hybridized carbons (Fsp3) is 0.200. The van der Waals surface area contributed by atoms with Gasteiger partial charge in [-0.25, -0.2) is 4.79 Å². The third-order valence-corrected chi connectivity index (χ3v) is 2.07. The zero-order valence-corrected chi connectivity index (χ0v) is 8.11. The van der Waals surface area contributed by atoms with E-state index in [2.05, 4.69) is 10.1 Å². The number of nitrogens with one attached hydrogen (secondary N) is 1. The summed E-state index contributed by atoms with van der Waals surface area (Å²) in [6.07, 6.45) is 0. The first-order valence-corrected chi connectivity index (χ1v) is 4.40. The molecule has 0 unspecified atom stereocenters. The lowest BCUT2D eigenvalue weighted by atomic mass is 10.2. The lowest BCUT2D eigenvalue weighted by molar-refractivity contribution is 0.827. The minimum Gasteiger partial charge on any atom is -0.293 e. The monoisotopic (exact) mass is 189 g/mol. The Balaban J connectivity index is 2.66. The van der Waals surface area contributed by atoms with Crippen molar-refractivity contribution in [1.82, 2.24) is 14.8 Å². The predicted octanol–water partition coefficient (Wildman–Crippen LogP) is 1.18.